The summed E-state index contributed by atoms with van der Waals surface area (Å²) >= 11 is 0. The first-order valence-corrected chi connectivity index (χ1v) is 8.79. The number of benzene rings is 2. The molecule has 1 amide bonds. The Morgan fingerprint density at radius 3 is 2.40 bits per heavy atom. The van der Waals surface area contributed by atoms with E-state index in [0.29, 0.717) is 5.56 Å². The van der Waals surface area contributed by atoms with Crippen LogP contribution in [-0.4, -0.2) is 34.3 Å². The van der Waals surface area contributed by atoms with E-state index in [1.54, 1.807) is 45.0 Å². The third-order valence-electron chi connectivity index (χ3n) is 3.40. The van der Waals surface area contributed by atoms with Crippen molar-refractivity contribution in [2.45, 2.75) is 26.4 Å². The summed E-state index contributed by atoms with van der Waals surface area (Å²) in [6.07, 6.45) is -0.905. The highest BCUT2D eigenvalue weighted by atomic mass is 16.6. The van der Waals surface area contributed by atoms with Gasteiger partial charge in [0.25, 0.3) is 5.69 Å². The molecule has 0 radical (unpaired) electrons. The minimum absolute atomic E-state index is 0.0301. The molecule has 0 saturated carbocycles. The van der Waals surface area contributed by atoms with Crippen LogP contribution in [0.1, 0.15) is 31.9 Å². The van der Waals surface area contributed by atoms with Gasteiger partial charge in [0, 0.05) is 17.7 Å². The first-order chi connectivity index (χ1) is 14.0. The number of nitrogens with one attached hydrogen (secondary N) is 1. The number of nitro groups is 1. The van der Waals surface area contributed by atoms with Crippen molar-refractivity contribution in [2.24, 2.45) is 0 Å². The van der Waals surface area contributed by atoms with Gasteiger partial charge in [-0.05, 0) is 32.9 Å². The van der Waals surface area contributed by atoms with Crippen LogP contribution in [0.5, 0.6) is 5.75 Å². The molecular formula is C21H20N2O7. The molecular weight excluding hydrogens is 392 g/mol. The number of hydrogen-bond donors (Lipinski definition) is 2. The molecule has 0 spiro atoms. The smallest absolute Gasteiger partial charge is 0.412 e. The molecule has 2 aromatic rings. The van der Waals surface area contributed by atoms with Crippen LogP contribution in [0.25, 0.3) is 0 Å². The average Bonchev–Trinajstić information content (AvgIpc) is 2.64. The summed E-state index contributed by atoms with van der Waals surface area (Å²) in [5.74, 6) is 4.32. The summed E-state index contributed by atoms with van der Waals surface area (Å²) in [7, 11) is 0. The van der Waals surface area contributed by atoms with E-state index in [1.807, 2.05) is 6.07 Å². The van der Waals surface area contributed by atoms with Crippen molar-refractivity contribution < 1.29 is 29.1 Å². The van der Waals surface area contributed by atoms with Gasteiger partial charge in [-0.25, -0.2) is 9.59 Å². The maximum Gasteiger partial charge on any atom is 0.412 e. The number of amides is 1. The van der Waals surface area contributed by atoms with Gasteiger partial charge in [-0.15, -0.1) is 0 Å². The Morgan fingerprint density at radius 1 is 1.17 bits per heavy atom. The summed E-state index contributed by atoms with van der Waals surface area (Å²) in [6.45, 7) is 4.24. The molecule has 0 aromatic heterocycles. The molecule has 9 heteroatoms. The van der Waals surface area contributed by atoms with Crippen LogP contribution in [0.15, 0.2) is 42.5 Å². The summed E-state index contributed by atoms with van der Waals surface area (Å²) in [6, 6.07) is 11.1. The molecule has 0 aliphatic rings. The van der Waals surface area contributed by atoms with Gasteiger partial charge >= 0.3 is 12.1 Å². The fourth-order valence-electron chi connectivity index (χ4n) is 2.25. The summed E-state index contributed by atoms with van der Waals surface area (Å²) < 4.78 is 10.3. The van der Waals surface area contributed by atoms with Gasteiger partial charge < -0.3 is 14.6 Å². The third kappa shape index (κ3) is 6.83. The Balaban J connectivity index is 2.49. The van der Waals surface area contributed by atoms with Crippen molar-refractivity contribution in [1.82, 2.24) is 0 Å². The van der Waals surface area contributed by atoms with E-state index in [9.17, 15) is 19.7 Å². The molecule has 2 rings (SSSR count). The van der Waals surface area contributed by atoms with Gasteiger partial charge in [0.15, 0.2) is 6.61 Å². The standard InChI is InChI=1S/C21H20N2O7/c1-21(2,3)30-20(26)22-16-12-18(29-13-19(24)25)15(11-17(16)23(27)28)10-9-14-7-5-4-6-8-14/h4-8,11-12H,13H2,1-3H3,(H,22,26)(H,24,25). The second kappa shape index (κ2) is 9.43. The minimum Gasteiger partial charge on any atom is -0.481 e. The van der Waals surface area contributed by atoms with Crippen LogP contribution < -0.4 is 10.1 Å². The number of nitrogens with zero attached hydrogens (tertiary/aromatic N) is 1. The highest BCUT2D eigenvalue weighted by molar-refractivity contribution is 5.89. The molecule has 0 aliphatic carbocycles. The molecule has 156 valence electrons. The van der Waals surface area contributed by atoms with Gasteiger partial charge in [0.05, 0.1) is 10.5 Å². The van der Waals surface area contributed by atoms with Crippen LogP contribution >= 0.6 is 0 Å². The number of ether oxygens (including phenoxy) is 2. The quantitative estimate of drug-likeness (QED) is 0.434. The number of rotatable bonds is 5. The van der Waals surface area contributed by atoms with Crippen molar-refractivity contribution in [3.63, 3.8) is 0 Å². The number of anilines is 1. The normalized spacial score (nSPS) is 10.4. The number of hydrogen-bond acceptors (Lipinski definition) is 6. The van der Waals surface area contributed by atoms with Crippen LogP contribution in [0.4, 0.5) is 16.2 Å². The molecule has 2 N–H and O–H groups in total. The van der Waals surface area contributed by atoms with Crippen molar-refractivity contribution in [3.05, 3.63) is 63.7 Å². The van der Waals surface area contributed by atoms with E-state index in [4.69, 9.17) is 14.6 Å². The van der Waals surface area contributed by atoms with Crippen LogP contribution in [0, 0.1) is 22.0 Å². The Labute approximate surface area is 172 Å². The molecule has 0 heterocycles. The number of aliphatic carboxylic acids is 1. The Kier molecular flexibility index (Phi) is 6.99. The van der Waals surface area contributed by atoms with E-state index in [-0.39, 0.29) is 17.0 Å². The average molecular weight is 412 g/mol. The second-order valence-electron chi connectivity index (χ2n) is 7.05. The number of carbonyl (C=O) groups is 2. The highest BCUT2D eigenvalue weighted by Gasteiger charge is 2.23. The van der Waals surface area contributed by atoms with Gasteiger partial charge in [-0.3, -0.25) is 15.4 Å². The Hall–Kier alpha value is -4.06. The lowest BCUT2D eigenvalue weighted by atomic mass is 10.1. The van der Waals surface area contributed by atoms with Gasteiger partial charge in [-0.1, -0.05) is 30.0 Å². The highest BCUT2D eigenvalue weighted by Crippen LogP contribution is 2.33. The van der Waals surface area contributed by atoms with Crippen LogP contribution in [-0.2, 0) is 9.53 Å². The van der Waals surface area contributed by atoms with E-state index >= 15 is 0 Å². The van der Waals surface area contributed by atoms with E-state index in [0.717, 1.165) is 12.1 Å². The molecule has 2 aromatic carbocycles. The molecule has 0 saturated heterocycles. The monoisotopic (exact) mass is 412 g/mol. The van der Waals surface area contributed by atoms with Crippen molar-refractivity contribution in [2.75, 3.05) is 11.9 Å². The summed E-state index contributed by atoms with van der Waals surface area (Å²) in [4.78, 5) is 33.8. The molecule has 0 unspecified atom stereocenters. The van der Waals surface area contributed by atoms with Crippen LogP contribution in [0.3, 0.4) is 0 Å². The molecule has 0 aliphatic heterocycles. The van der Waals surface area contributed by atoms with Gasteiger partial charge in [0.2, 0.25) is 0 Å². The van der Waals surface area contributed by atoms with Crippen molar-refractivity contribution >= 4 is 23.4 Å². The molecule has 0 atom stereocenters. The third-order valence-corrected chi connectivity index (χ3v) is 3.40. The zero-order valence-corrected chi connectivity index (χ0v) is 16.6. The van der Waals surface area contributed by atoms with E-state index < -0.39 is 34.9 Å². The molecule has 0 bridgehead atoms. The molecule has 30 heavy (non-hydrogen) atoms. The SMILES string of the molecule is CC(C)(C)OC(=O)Nc1cc(OCC(=O)O)c(C#Cc2ccccc2)cc1[N+](=O)[O-]. The lowest BCUT2D eigenvalue weighted by Crippen LogP contribution is -2.27. The van der Waals surface area contributed by atoms with Gasteiger partial charge in [0.1, 0.15) is 17.0 Å². The fourth-order valence-corrected chi connectivity index (χ4v) is 2.25. The predicted octanol–water partition coefficient (Wildman–Crippen LogP) is 3.81. The Morgan fingerprint density at radius 2 is 1.83 bits per heavy atom. The predicted molar refractivity (Wildman–Crippen MR) is 109 cm³/mol. The number of carbonyl (C=O) groups excluding carboxylic acids is 1. The first kappa shape index (κ1) is 22.2. The topological polar surface area (TPSA) is 128 Å². The lowest BCUT2D eigenvalue weighted by Gasteiger charge is -2.20. The second-order valence-corrected chi connectivity index (χ2v) is 7.05. The number of nitro benzene ring substituents is 1. The minimum atomic E-state index is -1.24. The lowest BCUT2D eigenvalue weighted by molar-refractivity contribution is -0.384. The van der Waals surface area contributed by atoms with Gasteiger partial charge in [-0.2, -0.15) is 0 Å². The van der Waals surface area contributed by atoms with E-state index in [2.05, 4.69) is 17.2 Å². The maximum absolute atomic E-state index is 12.1. The number of carboxylic acid groups (broad SMARTS) is 1. The summed E-state index contributed by atoms with van der Waals surface area (Å²) in [5.41, 5.74) is -0.717. The van der Waals surface area contributed by atoms with Crippen molar-refractivity contribution in [3.8, 4) is 17.6 Å². The zero-order chi connectivity index (χ0) is 22.3. The zero-order valence-electron chi connectivity index (χ0n) is 16.6. The van der Waals surface area contributed by atoms with Crippen molar-refractivity contribution in [1.29, 1.82) is 0 Å². The molecule has 0 fully saturated rings. The van der Waals surface area contributed by atoms with Crippen LogP contribution in [0.2, 0.25) is 0 Å². The Bertz CT molecular complexity index is 1020. The maximum atomic E-state index is 12.1. The molecule has 9 nitrogen and oxygen atoms in total. The largest absolute Gasteiger partial charge is 0.481 e. The number of carboxylic acids is 1. The fraction of sp³-hybridized carbons (Fsp3) is 0.238. The van der Waals surface area contributed by atoms with E-state index in [1.165, 1.54) is 0 Å². The summed E-state index contributed by atoms with van der Waals surface area (Å²) in [5, 5.41) is 22.7. The first-order valence-electron chi connectivity index (χ1n) is 8.79.